The van der Waals surface area contributed by atoms with Gasteiger partial charge in [0.1, 0.15) is 0 Å². The molecule has 2 aromatic heterocycles. The van der Waals surface area contributed by atoms with E-state index in [0.717, 1.165) is 17.1 Å². The molecule has 2 heterocycles. The number of hydrogen-bond donors (Lipinski definition) is 1. The Morgan fingerprint density at radius 3 is 2.88 bits per heavy atom. The molecule has 0 aliphatic rings. The van der Waals surface area contributed by atoms with Crippen LogP contribution in [-0.2, 0) is 0 Å². The fourth-order valence-electron chi connectivity index (χ4n) is 1.63. The van der Waals surface area contributed by atoms with Crippen LogP contribution in [0.25, 0.3) is 0 Å². The molecule has 2 aromatic rings. The molecule has 0 bridgehead atoms. The van der Waals surface area contributed by atoms with Crippen molar-refractivity contribution in [3.05, 3.63) is 35.0 Å². The molecule has 0 fully saturated rings. The Hall–Kier alpha value is -1.62. The Labute approximate surface area is 105 Å². The molecule has 5 heteroatoms. The van der Waals surface area contributed by atoms with Gasteiger partial charge in [0.2, 0.25) is 0 Å². The Balaban J connectivity index is 2.18. The molecule has 0 aromatic carbocycles. The second-order valence-electron chi connectivity index (χ2n) is 4.07. The molecule has 0 saturated carbocycles. The van der Waals surface area contributed by atoms with E-state index in [4.69, 9.17) is 0 Å². The topological polar surface area (TPSA) is 41.1 Å². The molecule has 0 amide bonds. The van der Waals surface area contributed by atoms with Crippen LogP contribution in [0.5, 0.6) is 0 Å². The first-order valence-corrected chi connectivity index (χ1v) is 6.38. The van der Waals surface area contributed by atoms with Crippen molar-refractivity contribution in [1.29, 1.82) is 0 Å². The second-order valence-corrected chi connectivity index (χ2v) is 4.79. The summed E-state index contributed by atoms with van der Waals surface area (Å²) >= 11 is 1.61. The summed E-state index contributed by atoms with van der Waals surface area (Å²) in [5.74, 6) is 0. The second kappa shape index (κ2) is 5.14. The Bertz CT molecular complexity index is 467. The molecule has 1 unspecified atom stereocenters. The lowest BCUT2D eigenvalue weighted by molar-refractivity contribution is 0.847. The van der Waals surface area contributed by atoms with E-state index in [1.54, 1.807) is 17.5 Å². The smallest absolute Gasteiger partial charge is 0.0795 e. The molecule has 0 aliphatic heterocycles. The third-order valence-electron chi connectivity index (χ3n) is 2.55. The van der Waals surface area contributed by atoms with Crippen LogP contribution in [-0.4, -0.2) is 24.1 Å². The van der Waals surface area contributed by atoms with Crippen molar-refractivity contribution < 1.29 is 0 Å². The maximum Gasteiger partial charge on any atom is 0.0795 e. The minimum Gasteiger partial charge on any atom is -0.376 e. The molecule has 17 heavy (non-hydrogen) atoms. The van der Waals surface area contributed by atoms with Crippen LogP contribution in [0, 0.1) is 0 Å². The standard InChI is InChI=1S/C12H16N4S/c1-9(11-7-17-8-14-11)15-10-6-13-5-4-12(10)16(2)3/h4-9,15H,1-3H3. The van der Waals surface area contributed by atoms with E-state index in [0.29, 0.717) is 0 Å². The van der Waals surface area contributed by atoms with Crippen molar-refractivity contribution in [2.45, 2.75) is 13.0 Å². The van der Waals surface area contributed by atoms with Gasteiger partial charge in [-0.1, -0.05) is 0 Å². The molecule has 4 nitrogen and oxygen atoms in total. The lowest BCUT2D eigenvalue weighted by Gasteiger charge is -2.20. The highest BCUT2D eigenvalue weighted by atomic mass is 32.1. The number of rotatable bonds is 4. The molecular formula is C12H16N4S. The fourth-order valence-corrected chi connectivity index (χ4v) is 2.28. The zero-order valence-corrected chi connectivity index (χ0v) is 11.0. The molecule has 0 spiro atoms. The highest BCUT2D eigenvalue weighted by Gasteiger charge is 2.10. The van der Waals surface area contributed by atoms with Crippen LogP contribution in [0.4, 0.5) is 11.4 Å². The van der Waals surface area contributed by atoms with Gasteiger partial charge in [0.25, 0.3) is 0 Å². The van der Waals surface area contributed by atoms with Crippen LogP contribution in [0.15, 0.2) is 29.4 Å². The van der Waals surface area contributed by atoms with Crippen molar-refractivity contribution in [3.8, 4) is 0 Å². The SMILES string of the molecule is CC(Nc1cnccc1N(C)C)c1cscn1. The summed E-state index contributed by atoms with van der Waals surface area (Å²) in [5.41, 5.74) is 5.06. The van der Waals surface area contributed by atoms with Gasteiger partial charge in [-0.3, -0.25) is 4.98 Å². The highest BCUT2D eigenvalue weighted by molar-refractivity contribution is 7.07. The van der Waals surface area contributed by atoms with Crippen LogP contribution in [0.3, 0.4) is 0 Å². The number of aromatic nitrogens is 2. The van der Waals surface area contributed by atoms with E-state index in [9.17, 15) is 0 Å². The van der Waals surface area contributed by atoms with Crippen LogP contribution in [0.1, 0.15) is 18.7 Å². The molecular weight excluding hydrogens is 232 g/mol. The Morgan fingerprint density at radius 1 is 1.41 bits per heavy atom. The number of thiazole rings is 1. The first-order chi connectivity index (χ1) is 8.18. The summed E-state index contributed by atoms with van der Waals surface area (Å²) in [6, 6.07) is 2.18. The summed E-state index contributed by atoms with van der Waals surface area (Å²) in [7, 11) is 4.04. The fraction of sp³-hybridized carbons (Fsp3) is 0.333. The number of nitrogens with zero attached hydrogens (tertiary/aromatic N) is 3. The van der Waals surface area contributed by atoms with E-state index >= 15 is 0 Å². The third kappa shape index (κ3) is 2.74. The predicted octanol–water partition coefficient (Wildman–Crippen LogP) is 2.78. The minimum absolute atomic E-state index is 0.184. The van der Waals surface area contributed by atoms with Crippen molar-refractivity contribution >= 4 is 22.7 Å². The van der Waals surface area contributed by atoms with Crippen molar-refractivity contribution in [2.75, 3.05) is 24.3 Å². The maximum atomic E-state index is 4.31. The van der Waals surface area contributed by atoms with E-state index in [1.165, 1.54) is 0 Å². The van der Waals surface area contributed by atoms with Crippen LogP contribution >= 0.6 is 11.3 Å². The summed E-state index contributed by atoms with van der Waals surface area (Å²) in [6.45, 7) is 2.10. The third-order valence-corrected chi connectivity index (χ3v) is 3.15. The number of anilines is 2. The van der Waals surface area contributed by atoms with Crippen molar-refractivity contribution in [1.82, 2.24) is 9.97 Å². The van der Waals surface area contributed by atoms with Gasteiger partial charge in [-0.2, -0.15) is 0 Å². The van der Waals surface area contributed by atoms with Gasteiger partial charge in [0.05, 0.1) is 34.8 Å². The van der Waals surface area contributed by atoms with E-state index in [-0.39, 0.29) is 6.04 Å². The van der Waals surface area contributed by atoms with Gasteiger partial charge >= 0.3 is 0 Å². The Morgan fingerprint density at radius 2 is 2.24 bits per heavy atom. The van der Waals surface area contributed by atoms with Crippen LogP contribution < -0.4 is 10.2 Å². The van der Waals surface area contributed by atoms with Gasteiger partial charge in [-0.25, -0.2) is 4.98 Å². The lowest BCUT2D eigenvalue weighted by atomic mass is 10.2. The van der Waals surface area contributed by atoms with E-state index in [2.05, 4.69) is 32.5 Å². The zero-order valence-electron chi connectivity index (χ0n) is 10.2. The van der Waals surface area contributed by atoms with Crippen molar-refractivity contribution in [2.24, 2.45) is 0 Å². The molecule has 90 valence electrons. The average Bonchev–Trinajstić information content (AvgIpc) is 2.83. The quantitative estimate of drug-likeness (QED) is 0.903. The number of pyridine rings is 1. The summed E-state index contributed by atoms with van der Waals surface area (Å²) in [4.78, 5) is 10.5. The molecule has 1 N–H and O–H groups in total. The molecule has 0 aliphatic carbocycles. The first-order valence-electron chi connectivity index (χ1n) is 5.44. The monoisotopic (exact) mass is 248 g/mol. The molecule has 1 atom stereocenters. The normalized spacial score (nSPS) is 12.2. The highest BCUT2D eigenvalue weighted by Crippen LogP contribution is 2.26. The van der Waals surface area contributed by atoms with Gasteiger partial charge in [-0.05, 0) is 13.0 Å². The minimum atomic E-state index is 0.184. The van der Waals surface area contributed by atoms with Gasteiger partial charge in [0.15, 0.2) is 0 Å². The van der Waals surface area contributed by atoms with Gasteiger partial charge < -0.3 is 10.2 Å². The first kappa shape index (κ1) is 11.9. The van der Waals surface area contributed by atoms with E-state index < -0.39 is 0 Å². The summed E-state index contributed by atoms with van der Waals surface area (Å²) < 4.78 is 0. The molecule has 2 rings (SSSR count). The van der Waals surface area contributed by atoms with Gasteiger partial charge in [0, 0.05) is 25.7 Å². The van der Waals surface area contributed by atoms with Crippen LogP contribution in [0.2, 0.25) is 0 Å². The lowest BCUT2D eigenvalue weighted by Crippen LogP contribution is -2.14. The average molecular weight is 248 g/mol. The summed E-state index contributed by atoms with van der Waals surface area (Å²) in [6.07, 6.45) is 3.65. The van der Waals surface area contributed by atoms with E-state index in [1.807, 2.05) is 31.9 Å². The molecule has 0 radical (unpaired) electrons. The molecule has 0 saturated heterocycles. The zero-order chi connectivity index (χ0) is 12.3. The Kier molecular flexibility index (Phi) is 3.58. The maximum absolute atomic E-state index is 4.31. The largest absolute Gasteiger partial charge is 0.376 e. The summed E-state index contributed by atoms with van der Waals surface area (Å²) in [5, 5.41) is 5.49. The number of nitrogens with one attached hydrogen (secondary N) is 1. The number of hydrogen-bond acceptors (Lipinski definition) is 5. The van der Waals surface area contributed by atoms with Crippen molar-refractivity contribution in [3.63, 3.8) is 0 Å². The predicted molar refractivity (Wildman–Crippen MR) is 72.7 cm³/mol. The van der Waals surface area contributed by atoms with Gasteiger partial charge in [-0.15, -0.1) is 11.3 Å².